The molecule has 0 aliphatic heterocycles. The van der Waals surface area contributed by atoms with Gasteiger partial charge in [-0.15, -0.1) is 0 Å². The third-order valence-electron chi connectivity index (χ3n) is 2.05. The van der Waals surface area contributed by atoms with Gasteiger partial charge in [0.25, 0.3) is 0 Å². The van der Waals surface area contributed by atoms with Crippen molar-refractivity contribution in [3.63, 3.8) is 0 Å². The molecule has 0 amide bonds. The number of carbonyl (C=O) groups is 2. The molecule has 2 N–H and O–H groups in total. The third-order valence-corrected chi connectivity index (χ3v) is 2.05. The molecular weight excluding hydrogens is 216 g/mol. The van der Waals surface area contributed by atoms with Gasteiger partial charge in [-0.3, -0.25) is 0 Å². The van der Waals surface area contributed by atoms with Crippen molar-refractivity contribution in [3.8, 4) is 0 Å². The highest BCUT2D eigenvalue weighted by atomic mass is 17.1. The van der Waals surface area contributed by atoms with Gasteiger partial charge in [-0.1, -0.05) is 30.3 Å². The summed E-state index contributed by atoms with van der Waals surface area (Å²) in [6.45, 7) is 0. The van der Waals surface area contributed by atoms with Gasteiger partial charge >= 0.3 is 11.9 Å². The van der Waals surface area contributed by atoms with E-state index in [9.17, 15) is 9.59 Å². The van der Waals surface area contributed by atoms with E-state index >= 15 is 0 Å². The minimum atomic E-state index is -1.01. The smallest absolute Gasteiger partial charge is 0.301 e. The van der Waals surface area contributed by atoms with E-state index in [4.69, 9.17) is 10.5 Å². The SMILES string of the molecule is O=C(CC(C(=O)OO)c1ccccc1)OO. The summed E-state index contributed by atoms with van der Waals surface area (Å²) < 4.78 is 0. The largest absolute Gasteiger partial charge is 0.350 e. The lowest BCUT2D eigenvalue weighted by molar-refractivity contribution is -0.242. The van der Waals surface area contributed by atoms with Crippen LogP contribution in [0.5, 0.6) is 0 Å². The maximum Gasteiger partial charge on any atom is 0.350 e. The maximum absolute atomic E-state index is 11.2. The van der Waals surface area contributed by atoms with Crippen LogP contribution in [-0.4, -0.2) is 22.5 Å². The Bertz CT molecular complexity index is 361. The van der Waals surface area contributed by atoms with Gasteiger partial charge in [0, 0.05) is 0 Å². The molecule has 6 heteroatoms. The second-order valence-electron chi connectivity index (χ2n) is 3.04. The molecule has 1 aromatic rings. The average molecular weight is 226 g/mol. The summed E-state index contributed by atoms with van der Waals surface area (Å²) >= 11 is 0. The van der Waals surface area contributed by atoms with Gasteiger partial charge in [-0.05, 0) is 5.56 Å². The standard InChI is InChI=1S/C10H10O6/c11-9(15-13)6-8(10(12)16-14)7-4-2-1-3-5-7/h1-5,8,13-14H,6H2. The molecule has 0 saturated carbocycles. The van der Waals surface area contributed by atoms with Crippen molar-refractivity contribution >= 4 is 11.9 Å². The van der Waals surface area contributed by atoms with Crippen molar-refractivity contribution in [2.75, 3.05) is 0 Å². The van der Waals surface area contributed by atoms with Crippen LogP contribution in [0.15, 0.2) is 30.3 Å². The van der Waals surface area contributed by atoms with Crippen LogP contribution >= 0.6 is 0 Å². The molecule has 1 rings (SSSR count). The van der Waals surface area contributed by atoms with Crippen LogP contribution in [0.4, 0.5) is 0 Å². The fourth-order valence-corrected chi connectivity index (χ4v) is 1.29. The molecule has 1 aromatic carbocycles. The molecule has 6 nitrogen and oxygen atoms in total. The number of hydrogen-bond acceptors (Lipinski definition) is 6. The van der Waals surface area contributed by atoms with Crippen LogP contribution in [0.2, 0.25) is 0 Å². The van der Waals surface area contributed by atoms with Gasteiger partial charge in [0.1, 0.15) is 0 Å². The molecule has 1 unspecified atom stereocenters. The van der Waals surface area contributed by atoms with E-state index in [2.05, 4.69) is 9.78 Å². The predicted molar refractivity (Wildman–Crippen MR) is 51.2 cm³/mol. The van der Waals surface area contributed by atoms with Crippen molar-refractivity contribution in [2.24, 2.45) is 0 Å². The highest BCUT2D eigenvalue weighted by molar-refractivity contribution is 5.83. The Morgan fingerprint density at radius 3 is 2.25 bits per heavy atom. The summed E-state index contributed by atoms with van der Waals surface area (Å²) in [5.41, 5.74) is 0.479. The minimum absolute atomic E-state index is 0.417. The fraction of sp³-hybridized carbons (Fsp3) is 0.200. The van der Waals surface area contributed by atoms with Crippen molar-refractivity contribution in [1.82, 2.24) is 0 Å². The van der Waals surface area contributed by atoms with Crippen molar-refractivity contribution in [2.45, 2.75) is 12.3 Å². The number of hydrogen-bond donors (Lipinski definition) is 2. The molecule has 16 heavy (non-hydrogen) atoms. The molecule has 0 fully saturated rings. The lowest BCUT2D eigenvalue weighted by atomic mass is 9.96. The summed E-state index contributed by atoms with van der Waals surface area (Å²) in [5, 5.41) is 16.4. The van der Waals surface area contributed by atoms with Crippen molar-refractivity contribution in [3.05, 3.63) is 35.9 Å². The van der Waals surface area contributed by atoms with E-state index in [-0.39, 0.29) is 0 Å². The topological polar surface area (TPSA) is 93.1 Å². The van der Waals surface area contributed by atoms with E-state index in [0.717, 1.165) is 0 Å². The molecule has 0 radical (unpaired) electrons. The molecule has 0 spiro atoms. The monoisotopic (exact) mass is 226 g/mol. The summed E-state index contributed by atoms with van der Waals surface area (Å²) in [4.78, 5) is 29.1. The average Bonchev–Trinajstić information content (AvgIpc) is 2.35. The lowest BCUT2D eigenvalue weighted by Crippen LogP contribution is -2.19. The predicted octanol–water partition coefficient (Wildman–Crippen LogP) is 1.19. The normalized spacial score (nSPS) is 11.6. The second-order valence-corrected chi connectivity index (χ2v) is 3.04. The Labute approximate surface area is 90.9 Å². The van der Waals surface area contributed by atoms with Gasteiger partial charge < -0.3 is 9.78 Å². The molecule has 0 saturated heterocycles. The van der Waals surface area contributed by atoms with Crippen molar-refractivity contribution in [1.29, 1.82) is 0 Å². The van der Waals surface area contributed by atoms with Gasteiger partial charge in [-0.25, -0.2) is 9.59 Å². The first-order valence-electron chi connectivity index (χ1n) is 4.43. The molecule has 0 aromatic heterocycles. The zero-order valence-electron chi connectivity index (χ0n) is 8.20. The van der Waals surface area contributed by atoms with E-state index in [1.807, 2.05) is 0 Å². The molecule has 1 atom stereocenters. The Hall–Kier alpha value is -1.92. The highest BCUT2D eigenvalue weighted by Crippen LogP contribution is 2.21. The molecule has 0 aliphatic rings. The van der Waals surface area contributed by atoms with Gasteiger partial charge in [0.05, 0.1) is 12.3 Å². The van der Waals surface area contributed by atoms with E-state index in [1.54, 1.807) is 30.3 Å². The zero-order chi connectivity index (χ0) is 12.0. The summed E-state index contributed by atoms with van der Waals surface area (Å²) in [6.07, 6.45) is -0.417. The van der Waals surface area contributed by atoms with Crippen LogP contribution in [0.1, 0.15) is 17.9 Å². The molecule has 0 heterocycles. The first-order chi connectivity index (χ1) is 7.69. The number of rotatable bonds is 4. The van der Waals surface area contributed by atoms with E-state index in [1.165, 1.54) is 0 Å². The minimum Gasteiger partial charge on any atom is -0.301 e. The Morgan fingerprint density at radius 1 is 1.12 bits per heavy atom. The Balaban J connectivity index is 2.88. The molecular formula is C10H10O6. The van der Waals surface area contributed by atoms with Gasteiger partial charge in [0.15, 0.2) is 0 Å². The quantitative estimate of drug-likeness (QED) is 0.591. The lowest BCUT2D eigenvalue weighted by Gasteiger charge is -2.11. The molecule has 0 bridgehead atoms. The number of benzene rings is 1. The summed E-state index contributed by atoms with van der Waals surface area (Å²) in [7, 11) is 0. The fourth-order valence-electron chi connectivity index (χ4n) is 1.29. The second kappa shape index (κ2) is 5.84. The van der Waals surface area contributed by atoms with Crippen LogP contribution in [-0.2, 0) is 19.4 Å². The number of carbonyl (C=O) groups excluding carboxylic acids is 2. The zero-order valence-corrected chi connectivity index (χ0v) is 8.20. The summed E-state index contributed by atoms with van der Waals surface area (Å²) in [6, 6.07) is 8.24. The van der Waals surface area contributed by atoms with Gasteiger partial charge in [0.2, 0.25) is 0 Å². The van der Waals surface area contributed by atoms with Crippen molar-refractivity contribution < 1.29 is 29.9 Å². The molecule has 86 valence electrons. The first kappa shape index (κ1) is 12.2. The highest BCUT2D eigenvalue weighted by Gasteiger charge is 2.26. The third kappa shape index (κ3) is 3.04. The van der Waals surface area contributed by atoms with Crippen LogP contribution in [0, 0.1) is 0 Å². The van der Waals surface area contributed by atoms with Crippen LogP contribution < -0.4 is 0 Å². The Morgan fingerprint density at radius 2 is 1.75 bits per heavy atom. The summed E-state index contributed by atoms with van der Waals surface area (Å²) in [5.74, 6) is -2.98. The first-order valence-corrected chi connectivity index (χ1v) is 4.43. The van der Waals surface area contributed by atoms with Gasteiger partial charge in [-0.2, -0.15) is 10.5 Å². The van der Waals surface area contributed by atoms with Crippen LogP contribution in [0.25, 0.3) is 0 Å². The Kier molecular flexibility index (Phi) is 4.43. The maximum atomic E-state index is 11.2. The van der Waals surface area contributed by atoms with E-state index in [0.29, 0.717) is 5.56 Å². The molecule has 0 aliphatic carbocycles. The van der Waals surface area contributed by atoms with Crippen LogP contribution in [0.3, 0.4) is 0 Å². The van der Waals surface area contributed by atoms with E-state index < -0.39 is 24.3 Å².